The topological polar surface area (TPSA) is 85.2 Å². The van der Waals surface area contributed by atoms with Gasteiger partial charge in [-0.1, -0.05) is 17.3 Å². The average molecular weight is 396 g/mol. The van der Waals surface area contributed by atoms with Crippen LogP contribution in [-0.4, -0.2) is 31.7 Å². The summed E-state index contributed by atoms with van der Waals surface area (Å²) < 4.78 is 37.7. The Balaban J connectivity index is 1.91. The van der Waals surface area contributed by atoms with Crippen molar-refractivity contribution in [3.8, 4) is 0 Å². The Hall–Kier alpha value is -1.74. The smallest absolute Gasteiger partial charge is 0.215 e. The predicted molar refractivity (Wildman–Crippen MR) is 98.7 cm³/mol. The second kappa shape index (κ2) is 6.45. The molecule has 1 fully saturated rings. The van der Waals surface area contributed by atoms with Crippen LogP contribution >= 0.6 is 11.3 Å². The van der Waals surface area contributed by atoms with E-state index in [1.807, 2.05) is 20.8 Å². The van der Waals surface area contributed by atoms with E-state index in [9.17, 15) is 8.42 Å². The number of ether oxygens (including phenoxy) is 2. The van der Waals surface area contributed by atoms with Gasteiger partial charge in [0.05, 0.1) is 17.2 Å². The van der Waals surface area contributed by atoms with Crippen LogP contribution in [0.4, 0.5) is 0 Å². The van der Waals surface area contributed by atoms with Crippen molar-refractivity contribution in [2.45, 2.75) is 48.2 Å². The van der Waals surface area contributed by atoms with Gasteiger partial charge >= 0.3 is 0 Å². The fourth-order valence-electron chi connectivity index (χ4n) is 2.84. The van der Waals surface area contributed by atoms with E-state index in [1.165, 1.54) is 12.1 Å². The van der Waals surface area contributed by atoms with E-state index in [0.29, 0.717) is 17.9 Å². The van der Waals surface area contributed by atoms with Crippen molar-refractivity contribution < 1.29 is 23.1 Å². The first kappa shape index (κ1) is 19.0. The van der Waals surface area contributed by atoms with E-state index in [0.717, 1.165) is 16.9 Å². The van der Waals surface area contributed by atoms with Crippen molar-refractivity contribution in [2.24, 2.45) is 5.16 Å². The lowest BCUT2D eigenvalue weighted by Crippen LogP contribution is -2.27. The first-order valence-electron chi connectivity index (χ1n) is 8.05. The maximum absolute atomic E-state index is 12.9. The highest BCUT2D eigenvalue weighted by Crippen LogP contribution is 2.41. The first-order chi connectivity index (χ1) is 12.1. The maximum atomic E-state index is 12.9. The molecule has 1 aliphatic rings. The monoisotopic (exact) mass is 395 g/mol. The molecule has 26 heavy (non-hydrogen) atoms. The molecular formula is C18H21NO5S2. The van der Waals surface area contributed by atoms with Crippen LogP contribution in [0.1, 0.15) is 38.8 Å². The Morgan fingerprint density at radius 2 is 1.88 bits per heavy atom. The minimum absolute atomic E-state index is 0.189. The zero-order chi connectivity index (χ0) is 19.2. The molecule has 2 heterocycles. The number of rotatable bonds is 4. The zero-order valence-electron chi connectivity index (χ0n) is 15.0. The molecule has 1 N–H and O–H groups in total. The lowest BCUT2D eigenvalue weighted by atomic mass is 10.0. The molecule has 0 bridgehead atoms. The standard InChI is InChI=1S/C18H21NO5S2/c1-12(19-20)13-5-7-15(8-6-13)26(21,22)16-9-14(10-25-16)18(4)11-23-17(2,3)24-18/h5-10,20H,11H2,1-4H3/b19-12+. The summed E-state index contributed by atoms with van der Waals surface area (Å²) in [5.41, 5.74) is 1.18. The number of oxime groups is 1. The highest BCUT2D eigenvalue weighted by molar-refractivity contribution is 7.93. The Morgan fingerprint density at radius 3 is 2.42 bits per heavy atom. The van der Waals surface area contributed by atoms with Crippen LogP contribution in [0.2, 0.25) is 0 Å². The van der Waals surface area contributed by atoms with Gasteiger partial charge in [0, 0.05) is 0 Å². The third-order valence-corrected chi connectivity index (χ3v) is 7.56. The number of hydrogen-bond donors (Lipinski definition) is 1. The van der Waals surface area contributed by atoms with Gasteiger partial charge in [-0.3, -0.25) is 0 Å². The van der Waals surface area contributed by atoms with Gasteiger partial charge in [-0.05, 0) is 62.4 Å². The summed E-state index contributed by atoms with van der Waals surface area (Å²) >= 11 is 1.16. The quantitative estimate of drug-likeness (QED) is 0.484. The summed E-state index contributed by atoms with van der Waals surface area (Å²) in [6, 6.07) is 7.92. The van der Waals surface area contributed by atoms with Gasteiger partial charge in [-0.15, -0.1) is 11.3 Å². The number of hydrogen-bond acceptors (Lipinski definition) is 7. The van der Waals surface area contributed by atoms with E-state index in [1.54, 1.807) is 30.5 Å². The van der Waals surface area contributed by atoms with Crippen molar-refractivity contribution in [1.29, 1.82) is 0 Å². The second-order valence-corrected chi connectivity index (χ2v) is 9.98. The van der Waals surface area contributed by atoms with Crippen molar-refractivity contribution in [2.75, 3.05) is 6.61 Å². The van der Waals surface area contributed by atoms with Crippen molar-refractivity contribution in [3.05, 3.63) is 46.8 Å². The molecule has 0 amide bonds. The molecule has 140 valence electrons. The van der Waals surface area contributed by atoms with Gasteiger partial charge in [-0.2, -0.15) is 0 Å². The summed E-state index contributed by atoms with van der Waals surface area (Å²) in [5.74, 6) is -0.697. The molecule has 0 radical (unpaired) electrons. The van der Waals surface area contributed by atoms with Gasteiger partial charge in [0.1, 0.15) is 9.81 Å². The molecule has 3 rings (SSSR count). The van der Waals surface area contributed by atoms with Crippen LogP contribution in [0.3, 0.4) is 0 Å². The van der Waals surface area contributed by atoms with E-state index in [-0.39, 0.29) is 9.10 Å². The summed E-state index contributed by atoms with van der Waals surface area (Å²) in [7, 11) is -3.63. The molecule has 0 spiro atoms. The van der Waals surface area contributed by atoms with Gasteiger partial charge < -0.3 is 14.7 Å². The third kappa shape index (κ3) is 3.42. The highest BCUT2D eigenvalue weighted by Gasteiger charge is 2.44. The zero-order valence-corrected chi connectivity index (χ0v) is 16.6. The third-order valence-electron chi connectivity index (χ3n) is 4.35. The van der Waals surface area contributed by atoms with Crippen LogP contribution in [-0.2, 0) is 24.9 Å². The molecule has 2 aromatic rings. The number of benzene rings is 1. The number of nitrogens with zero attached hydrogens (tertiary/aromatic N) is 1. The number of thiophene rings is 1. The minimum atomic E-state index is -3.63. The highest BCUT2D eigenvalue weighted by atomic mass is 32.2. The molecule has 0 saturated carbocycles. The Labute approximate surface area is 157 Å². The molecule has 8 heteroatoms. The maximum Gasteiger partial charge on any atom is 0.215 e. The molecule has 1 unspecified atom stereocenters. The lowest BCUT2D eigenvalue weighted by molar-refractivity contribution is -0.159. The summed E-state index contributed by atoms with van der Waals surface area (Å²) in [5, 5.41) is 13.7. The minimum Gasteiger partial charge on any atom is -0.411 e. The van der Waals surface area contributed by atoms with Crippen LogP contribution in [0.5, 0.6) is 0 Å². The van der Waals surface area contributed by atoms with E-state index in [4.69, 9.17) is 14.7 Å². The van der Waals surface area contributed by atoms with E-state index in [2.05, 4.69) is 5.16 Å². The fraction of sp³-hybridized carbons (Fsp3) is 0.389. The Morgan fingerprint density at radius 1 is 1.23 bits per heavy atom. The van der Waals surface area contributed by atoms with Crippen molar-refractivity contribution in [3.63, 3.8) is 0 Å². The lowest BCUT2D eigenvalue weighted by Gasteiger charge is -2.24. The predicted octanol–water partition coefficient (Wildman–Crippen LogP) is 3.78. The molecule has 1 aliphatic heterocycles. The van der Waals surface area contributed by atoms with Crippen molar-refractivity contribution >= 4 is 26.9 Å². The molecule has 6 nitrogen and oxygen atoms in total. The van der Waals surface area contributed by atoms with Gasteiger partial charge in [-0.25, -0.2) is 8.42 Å². The van der Waals surface area contributed by atoms with Crippen molar-refractivity contribution in [1.82, 2.24) is 0 Å². The molecule has 1 saturated heterocycles. The molecule has 1 atom stereocenters. The van der Waals surface area contributed by atoms with Gasteiger partial charge in [0.15, 0.2) is 5.79 Å². The summed E-state index contributed by atoms with van der Waals surface area (Å²) in [4.78, 5) is 0.189. The Kier molecular flexibility index (Phi) is 4.72. The Bertz CT molecular complexity index is 944. The SMILES string of the molecule is C/C(=N\O)c1ccc(S(=O)(=O)c2cc(C3(C)COC(C)(C)O3)cs2)cc1. The molecule has 1 aromatic heterocycles. The largest absolute Gasteiger partial charge is 0.411 e. The van der Waals surface area contributed by atoms with Gasteiger partial charge in [0.25, 0.3) is 0 Å². The van der Waals surface area contributed by atoms with Crippen LogP contribution < -0.4 is 0 Å². The summed E-state index contributed by atoms with van der Waals surface area (Å²) in [6.07, 6.45) is 0. The summed E-state index contributed by atoms with van der Waals surface area (Å²) in [6.45, 7) is 7.57. The average Bonchev–Trinajstić information content (AvgIpc) is 3.20. The molecule has 1 aromatic carbocycles. The molecular weight excluding hydrogens is 374 g/mol. The van der Waals surface area contributed by atoms with Crippen LogP contribution in [0.25, 0.3) is 0 Å². The number of sulfone groups is 1. The molecule has 0 aliphatic carbocycles. The van der Waals surface area contributed by atoms with Crippen LogP contribution in [0, 0.1) is 0 Å². The first-order valence-corrected chi connectivity index (χ1v) is 10.4. The normalized spacial score (nSPS) is 23.3. The second-order valence-electron chi connectivity index (χ2n) is 6.89. The fourth-order valence-corrected chi connectivity index (χ4v) is 5.54. The van der Waals surface area contributed by atoms with Gasteiger partial charge in [0.2, 0.25) is 9.84 Å². The van der Waals surface area contributed by atoms with E-state index < -0.39 is 21.2 Å². The van der Waals surface area contributed by atoms with Crippen LogP contribution in [0.15, 0.2) is 50.0 Å². The van der Waals surface area contributed by atoms with E-state index >= 15 is 0 Å².